The van der Waals surface area contributed by atoms with Crippen molar-refractivity contribution in [3.05, 3.63) is 29.8 Å². The average Bonchev–Trinajstić information content (AvgIpc) is 2.46. The summed E-state index contributed by atoms with van der Waals surface area (Å²) in [4.78, 5) is 11.3. The molecule has 1 aromatic carbocycles. The maximum Gasteiger partial charge on any atom is 0.243 e. The van der Waals surface area contributed by atoms with Gasteiger partial charge in [0.25, 0.3) is 0 Å². The van der Waals surface area contributed by atoms with Gasteiger partial charge in [-0.15, -0.1) is 0 Å². The van der Waals surface area contributed by atoms with Gasteiger partial charge in [0, 0.05) is 24.9 Å². The minimum atomic E-state index is -3.65. The van der Waals surface area contributed by atoms with Crippen LogP contribution in [-0.2, 0) is 19.9 Å². The van der Waals surface area contributed by atoms with E-state index < -0.39 is 25.1 Å². The zero-order valence-electron chi connectivity index (χ0n) is 12.5. The Morgan fingerprint density at radius 2 is 1.55 bits per heavy atom. The summed E-state index contributed by atoms with van der Waals surface area (Å²) < 4.78 is 49.4. The Morgan fingerprint density at radius 3 is 1.95 bits per heavy atom. The number of hydrogen-bond acceptors (Lipinski definition) is 5. The standard InChI is InChI=1S/C14H19NO5S2/c1-11(16)12-3-5-14(6-4-12)22(19,20)15-9-7-13(8-10-15)21(2,17)18/h3-6,13H,7-10H2,1-2H3. The zero-order valence-corrected chi connectivity index (χ0v) is 14.2. The minimum Gasteiger partial charge on any atom is -0.295 e. The van der Waals surface area contributed by atoms with Gasteiger partial charge < -0.3 is 0 Å². The maximum absolute atomic E-state index is 12.5. The number of piperidine rings is 1. The molecule has 1 aliphatic heterocycles. The number of Topliss-reactive ketones (excluding diaryl/α,β-unsaturated/α-hetero) is 1. The molecule has 0 unspecified atom stereocenters. The molecule has 0 spiro atoms. The lowest BCUT2D eigenvalue weighted by Crippen LogP contribution is -2.42. The van der Waals surface area contributed by atoms with Crippen LogP contribution in [0.2, 0.25) is 0 Å². The molecule has 0 amide bonds. The molecule has 0 radical (unpaired) electrons. The number of sulfone groups is 1. The van der Waals surface area contributed by atoms with Crippen LogP contribution in [0.1, 0.15) is 30.1 Å². The number of nitrogens with zero attached hydrogens (tertiary/aromatic N) is 1. The Balaban J connectivity index is 2.16. The lowest BCUT2D eigenvalue weighted by Gasteiger charge is -2.30. The van der Waals surface area contributed by atoms with Crippen molar-refractivity contribution in [3.63, 3.8) is 0 Å². The van der Waals surface area contributed by atoms with Crippen molar-refractivity contribution >= 4 is 25.6 Å². The highest BCUT2D eigenvalue weighted by Crippen LogP contribution is 2.23. The van der Waals surface area contributed by atoms with Gasteiger partial charge in [-0.25, -0.2) is 16.8 Å². The summed E-state index contributed by atoms with van der Waals surface area (Å²) in [7, 11) is -6.78. The van der Waals surface area contributed by atoms with Gasteiger partial charge in [-0.05, 0) is 31.9 Å². The molecule has 0 N–H and O–H groups in total. The third-order valence-electron chi connectivity index (χ3n) is 3.91. The summed E-state index contributed by atoms with van der Waals surface area (Å²) in [6.45, 7) is 1.79. The van der Waals surface area contributed by atoms with E-state index in [-0.39, 0.29) is 23.8 Å². The van der Waals surface area contributed by atoms with Gasteiger partial charge in [0.15, 0.2) is 5.78 Å². The second kappa shape index (κ2) is 6.10. The fraction of sp³-hybridized carbons (Fsp3) is 0.500. The molecule has 0 aromatic heterocycles. The first kappa shape index (κ1) is 17.1. The number of hydrogen-bond donors (Lipinski definition) is 0. The fourth-order valence-electron chi connectivity index (χ4n) is 2.51. The monoisotopic (exact) mass is 345 g/mol. The fourth-order valence-corrected chi connectivity index (χ4v) is 5.05. The van der Waals surface area contributed by atoms with Crippen LogP contribution in [0.25, 0.3) is 0 Å². The van der Waals surface area contributed by atoms with Crippen LogP contribution >= 0.6 is 0 Å². The van der Waals surface area contributed by atoms with E-state index in [4.69, 9.17) is 0 Å². The molecule has 1 saturated heterocycles. The molecule has 0 saturated carbocycles. The van der Waals surface area contributed by atoms with Crippen molar-refractivity contribution in [1.82, 2.24) is 4.31 Å². The topological polar surface area (TPSA) is 88.6 Å². The average molecular weight is 345 g/mol. The van der Waals surface area contributed by atoms with Gasteiger partial charge in [0.1, 0.15) is 9.84 Å². The van der Waals surface area contributed by atoms with E-state index in [2.05, 4.69) is 0 Å². The van der Waals surface area contributed by atoms with Crippen LogP contribution in [0.3, 0.4) is 0 Å². The van der Waals surface area contributed by atoms with Crippen LogP contribution in [0.5, 0.6) is 0 Å². The van der Waals surface area contributed by atoms with E-state index in [1.54, 1.807) is 0 Å². The van der Waals surface area contributed by atoms with E-state index in [0.717, 1.165) is 0 Å². The normalized spacial score (nSPS) is 18.3. The van der Waals surface area contributed by atoms with Crippen LogP contribution in [0.15, 0.2) is 29.2 Å². The Kier molecular flexibility index (Phi) is 4.74. The van der Waals surface area contributed by atoms with E-state index in [1.807, 2.05) is 0 Å². The molecule has 0 bridgehead atoms. The Morgan fingerprint density at radius 1 is 1.05 bits per heavy atom. The minimum absolute atomic E-state index is 0.121. The molecular formula is C14H19NO5S2. The molecule has 122 valence electrons. The molecular weight excluding hydrogens is 326 g/mol. The van der Waals surface area contributed by atoms with Crippen molar-refractivity contribution in [2.75, 3.05) is 19.3 Å². The Hall–Kier alpha value is -1.25. The highest BCUT2D eigenvalue weighted by atomic mass is 32.2. The van der Waals surface area contributed by atoms with Crippen LogP contribution in [-0.4, -0.2) is 51.5 Å². The molecule has 6 nitrogen and oxygen atoms in total. The molecule has 8 heteroatoms. The van der Waals surface area contributed by atoms with Crippen LogP contribution in [0.4, 0.5) is 0 Å². The third-order valence-corrected chi connectivity index (χ3v) is 7.50. The molecule has 1 aliphatic rings. The number of ketones is 1. The van der Waals surface area contributed by atoms with Gasteiger partial charge in [0.05, 0.1) is 10.1 Å². The number of benzene rings is 1. The summed E-state index contributed by atoms with van der Waals surface area (Å²) >= 11 is 0. The summed E-state index contributed by atoms with van der Waals surface area (Å²) in [5.74, 6) is -0.127. The van der Waals surface area contributed by atoms with Crippen molar-refractivity contribution in [2.45, 2.75) is 29.9 Å². The number of carbonyl (C=O) groups is 1. The van der Waals surface area contributed by atoms with Crippen molar-refractivity contribution in [3.8, 4) is 0 Å². The van der Waals surface area contributed by atoms with Gasteiger partial charge in [-0.1, -0.05) is 12.1 Å². The number of carbonyl (C=O) groups excluding carboxylic acids is 1. The summed E-state index contributed by atoms with van der Waals surface area (Å²) in [5, 5.41) is -0.473. The molecule has 2 rings (SSSR count). The Bertz CT molecular complexity index is 758. The second-order valence-corrected chi connectivity index (χ2v) is 9.78. The van der Waals surface area contributed by atoms with Crippen molar-refractivity contribution in [2.24, 2.45) is 0 Å². The van der Waals surface area contributed by atoms with Crippen molar-refractivity contribution in [1.29, 1.82) is 0 Å². The largest absolute Gasteiger partial charge is 0.295 e. The lowest BCUT2D eigenvalue weighted by molar-refractivity contribution is 0.101. The van der Waals surface area contributed by atoms with Gasteiger partial charge in [-0.2, -0.15) is 4.31 Å². The summed E-state index contributed by atoms with van der Waals surface area (Å²) in [6, 6.07) is 5.79. The first-order chi connectivity index (χ1) is 10.1. The maximum atomic E-state index is 12.5. The molecule has 0 aliphatic carbocycles. The van der Waals surface area contributed by atoms with Crippen LogP contribution < -0.4 is 0 Å². The lowest BCUT2D eigenvalue weighted by atomic mass is 10.2. The predicted molar refractivity (Wildman–Crippen MR) is 83.1 cm³/mol. The van der Waals surface area contributed by atoms with Crippen LogP contribution in [0, 0.1) is 0 Å². The smallest absolute Gasteiger partial charge is 0.243 e. The SMILES string of the molecule is CC(=O)c1ccc(S(=O)(=O)N2CCC(S(C)(=O)=O)CC2)cc1. The molecule has 1 aromatic rings. The highest BCUT2D eigenvalue weighted by molar-refractivity contribution is 7.91. The molecule has 22 heavy (non-hydrogen) atoms. The first-order valence-electron chi connectivity index (χ1n) is 6.92. The number of rotatable bonds is 4. The van der Waals surface area contributed by atoms with E-state index >= 15 is 0 Å². The van der Waals surface area contributed by atoms with Gasteiger partial charge in [0.2, 0.25) is 10.0 Å². The van der Waals surface area contributed by atoms with E-state index in [1.165, 1.54) is 41.8 Å². The predicted octanol–water partition coefficient (Wildman–Crippen LogP) is 1.09. The summed E-state index contributed by atoms with van der Waals surface area (Å²) in [6.07, 6.45) is 1.80. The quantitative estimate of drug-likeness (QED) is 0.762. The molecule has 1 heterocycles. The van der Waals surface area contributed by atoms with Gasteiger partial charge >= 0.3 is 0 Å². The third kappa shape index (κ3) is 3.56. The summed E-state index contributed by atoms with van der Waals surface area (Å²) in [5.41, 5.74) is 0.453. The van der Waals surface area contributed by atoms with Crippen molar-refractivity contribution < 1.29 is 21.6 Å². The Labute approximate surface area is 131 Å². The highest BCUT2D eigenvalue weighted by Gasteiger charge is 2.33. The zero-order chi connectivity index (χ0) is 16.5. The van der Waals surface area contributed by atoms with E-state index in [9.17, 15) is 21.6 Å². The molecule has 1 fully saturated rings. The second-order valence-electron chi connectivity index (χ2n) is 5.51. The van der Waals surface area contributed by atoms with Gasteiger partial charge in [-0.3, -0.25) is 4.79 Å². The first-order valence-corrected chi connectivity index (χ1v) is 10.3. The molecule has 0 atom stereocenters. The van der Waals surface area contributed by atoms with E-state index in [0.29, 0.717) is 18.4 Å². The number of sulfonamides is 1.